The summed E-state index contributed by atoms with van der Waals surface area (Å²) in [6.45, 7) is 0. The molecule has 1 aromatic carbocycles. The van der Waals surface area contributed by atoms with Crippen molar-refractivity contribution in [2.24, 2.45) is 0 Å². The lowest BCUT2D eigenvalue weighted by molar-refractivity contribution is -0.139. The van der Waals surface area contributed by atoms with Gasteiger partial charge in [0.15, 0.2) is 5.69 Å². The van der Waals surface area contributed by atoms with Crippen LogP contribution in [0, 0.1) is 0 Å². The summed E-state index contributed by atoms with van der Waals surface area (Å²) >= 11 is 11.0. The number of nitrogens with zero attached hydrogens (tertiary/aromatic N) is 2. The molecule has 1 aromatic heterocycles. The minimum atomic E-state index is -4.59. The molecule has 0 amide bonds. The van der Waals surface area contributed by atoms with E-state index in [1.54, 1.807) is 0 Å². The Morgan fingerprint density at radius 3 is 2.38 bits per heavy atom. The topological polar surface area (TPSA) is 25.8 Å². The second kappa shape index (κ2) is 3.75. The van der Waals surface area contributed by atoms with Gasteiger partial charge in [-0.15, -0.1) is 0 Å². The van der Waals surface area contributed by atoms with E-state index in [-0.39, 0.29) is 15.9 Å². The second-order valence-electron chi connectivity index (χ2n) is 3.00. The van der Waals surface area contributed by atoms with Crippen LogP contribution in [0.15, 0.2) is 18.2 Å². The third kappa shape index (κ3) is 2.05. The average Bonchev–Trinajstić information content (AvgIpc) is 2.16. The highest BCUT2D eigenvalue weighted by atomic mass is 35.5. The van der Waals surface area contributed by atoms with Gasteiger partial charge in [-0.05, 0) is 29.8 Å². The first-order chi connectivity index (χ1) is 7.38. The minimum Gasteiger partial charge on any atom is -0.218 e. The summed E-state index contributed by atoms with van der Waals surface area (Å²) in [5, 5.41) is -0.421. The molecule has 0 aliphatic heterocycles. The highest BCUT2D eigenvalue weighted by Gasteiger charge is 2.35. The van der Waals surface area contributed by atoms with Gasteiger partial charge in [0.25, 0.3) is 0 Å². The van der Waals surface area contributed by atoms with Crippen molar-refractivity contribution in [3.8, 4) is 0 Å². The van der Waals surface area contributed by atoms with E-state index in [0.29, 0.717) is 0 Å². The Morgan fingerprint density at radius 1 is 1.06 bits per heavy atom. The van der Waals surface area contributed by atoms with Crippen LogP contribution < -0.4 is 0 Å². The molecule has 0 unspecified atom stereocenters. The number of benzene rings is 1. The lowest BCUT2D eigenvalue weighted by Crippen LogP contribution is -2.09. The van der Waals surface area contributed by atoms with Crippen molar-refractivity contribution in [1.82, 2.24) is 9.97 Å². The average molecular weight is 267 g/mol. The standard InChI is InChI=1S/C9H3Cl2F3N2/c10-4-1-2-6-5(3-4)7(9(12,13)14)16-8(11)15-6/h1-3H. The Labute approximate surface area is 98.0 Å². The van der Waals surface area contributed by atoms with Crippen molar-refractivity contribution in [2.75, 3.05) is 0 Å². The zero-order valence-electron chi connectivity index (χ0n) is 7.52. The number of aromatic nitrogens is 2. The van der Waals surface area contributed by atoms with Crippen LogP contribution in [0.2, 0.25) is 10.3 Å². The highest BCUT2D eigenvalue weighted by Crippen LogP contribution is 2.34. The molecule has 7 heteroatoms. The van der Waals surface area contributed by atoms with Crippen LogP contribution in [0.25, 0.3) is 10.9 Å². The minimum absolute atomic E-state index is 0.108. The maximum Gasteiger partial charge on any atom is 0.434 e. The SMILES string of the molecule is FC(F)(F)c1nc(Cl)nc2ccc(Cl)cc12. The van der Waals surface area contributed by atoms with Gasteiger partial charge in [0, 0.05) is 10.4 Å². The normalized spacial score (nSPS) is 12.1. The van der Waals surface area contributed by atoms with Gasteiger partial charge < -0.3 is 0 Å². The van der Waals surface area contributed by atoms with Crippen molar-refractivity contribution in [3.63, 3.8) is 0 Å². The number of hydrogen-bond acceptors (Lipinski definition) is 2. The molecule has 16 heavy (non-hydrogen) atoms. The largest absolute Gasteiger partial charge is 0.434 e. The Kier molecular flexibility index (Phi) is 2.67. The fraction of sp³-hybridized carbons (Fsp3) is 0.111. The van der Waals surface area contributed by atoms with E-state index in [4.69, 9.17) is 23.2 Å². The summed E-state index contributed by atoms with van der Waals surface area (Å²) in [6.07, 6.45) is -4.59. The highest BCUT2D eigenvalue weighted by molar-refractivity contribution is 6.31. The van der Waals surface area contributed by atoms with E-state index >= 15 is 0 Å². The summed E-state index contributed by atoms with van der Waals surface area (Å²) < 4.78 is 37.9. The lowest BCUT2D eigenvalue weighted by atomic mass is 10.2. The van der Waals surface area contributed by atoms with E-state index in [0.717, 1.165) is 6.07 Å². The fourth-order valence-corrected chi connectivity index (χ4v) is 1.64. The molecule has 0 spiro atoms. The van der Waals surface area contributed by atoms with Gasteiger partial charge in [-0.25, -0.2) is 9.97 Å². The van der Waals surface area contributed by atoms with Crippen LogP contribution in [-0.2, 0) is 6.18 Å². The Morgan fingerprint density at radius 2 is 1.75 bits per heavy atom. The van der Waals surface area contributed by atoms with Crippen LogP contribution >= 0.6 is 23.2 Å². The summed E-state index contributed by atoms with van der Waals surface area (Å²) in [7, 11) is 0. The molecule has 0 aliphatic carbocycles. The van der Waals surface area contributed by atoms with Crippen molar-refractivity contribution < 1.29 is 13.2 Å². The second-order valence-corrected chi connectivity index (χ2v) is 3.77. The van der Waals surface area contributed by atoms with Gasteiger partial charge in [0.1, 0.15) is 0 Å². The van der Waals surface area contributed by atoms with Crippen molar-refractivity contribution in [1.29, 1.82) is 0 Å². The van der Waals surface area contributed by atoms with E-state index < -0.39 is 17.2 Å². The smallest absolute Gasteiger partial charge is 0.218 e. The van der Waals surface area contributed by atoms with Gasteiger partial charge in [0.05, 0.1) is 5.52 Å². The van der Waals surface area contributed by atoms with Crippen molar-refractivity contribution >= 4 is 34.1 Å². The predicted molar refractivity (Wildman–Crippen MR) is 54.6 cm³/mol. The van der Waals surface area contributed by atoms with E-state index in [2.05, 4.69) is 9.97 Å². The third-order valence-electron chi connectivity index (χ3n) is 1.90. The monoisotopic (exact) mass is 266 g/mol. The summed E-state index contributed by atoms with van der Waals surface area (Å²) in [6, 6.07) is 3.96. The predicted octanol–water partition coefficient (Wildman–Crippen LogP) is 3.96. The molecule has 0 N–H and O–H groups in total. The Bertz CT molecular complexity index is 554. The molecule has 0 fully saturated rings. The first-order valence-electron chi connectivity index (χ1n) is 4.08. The lowest BCUT2D eigenvalue weighted by Gasteiger charge is -2.09. The van der Waals surface area contributed by atoms with Gasteiger partial charge >= 0.3 is 6.18 Å². The summed E-state index contributed by atoms with van der Waals surface area (Å²) in [5.41, 5.74) is -0.971. The van der Waals surface area contributed by atoms with Crippen LogP contribution in [0.4, 0.5) is 13.2 Å². The zero-order valence-corrected chi connectivity index (χ0v) is 9.03. The maximum atomic E-state index is 12.6. The Hall–Kier alpha value is -1.07. The molecular weight excluding hydrogens is 264 g/mol. The molecule has 2 rings (SSSR count). The van der Waals surface area contributed by atoms with Crippen molar-refractivity contribution in [3.05, 3.63) is 34.2 Å². The fourth-order valence-electron chi connectivity index (χ4n) is 1.29. The number of hydrogen-bond donors (Lipinski definition) is 0. The molecule has 84 valence electrons. The molecule has 0 radical (unpaired) electrons. The number of alkyl halides is 3. The quantitative estimate of drug-likeness (QED) is 0.675. The first kappa shape index (κ1) is 11.4. The van der Waals surface area contributed by atoms with E-state index in [9.17, 15) is 13.2 Å². The maximum absolute atomic E-state index is 12.6. The van der Waals surface area contributed by atoms with Crippen LogP contribution in [0.5, 0.6) is 0 Å². The van der Waals surface area contributed by atoms with Gasteiger partial charge in [-0.3, -0.25) is 0 Å². The van der Waals surface area contributed by atoms with Gasteiger partial charge in [-0.2, -0.15) is 13.2 Å². The van der Waals surface area contributed by atoms with Crippen LogP contribution in [-0.4, -0.2) is 9.97 Å². The molecule has 0 aliphatic rings. The van der Waals surface area contributed by atoms with Crippen LogP contribution in [0.1, 0.15) is 5.69 Å². The molecule has 0 saturated heterocycles. The molecule has 0 saturated carbocycles. The zero-order chi connectivity index (χ0) is 11.9. The van der Waals surface area contributed by atoms with Gasteiger partial charge in [0.2, 0.25) is 5.28 Å². The molecule has 1 heterocycles. The Balaban J connectivity index is 2.85. The van der Waals surface area contributed by atoms with Crippen molar-refractivity contribution in [2.45, 2.75) is 6.18 Å². The summed E-state index contributed by atoms with van der Waals surface area (Å²) in [4.78, 5) is 6.87. The first-order valence-corrected chi connectivity index (χ1v) is 4.83. The van der Waals surface area contributed by atoms with Gasteiger partial charge in [-0.1, -0.05) is 11.6 Å². The molecule has 0 atom stereocenters. The molecular formula is C9H3Cl2F3N2. The van der Waals surface area contributed by atoms with Crippen LogP contribution in [0.3, 0.4) is 0 Å². The third-order valence-corrected chi connectivity index (χ3v) is 2.30. The summed E-state index contributed by atoms with van der Waals surface area (Å²) in [5.74, 6) is 0. The number of fused-ring (bicyclic) bond motifs is 1. The number of rotatable bonds is 0. The number of halogens is 5. The molecule has 2 aromatic rings. The molecule has 0 bridgehead atoms. The van der Waals surface area contributed by atoms with E-state index in [1.165, 1.54) is 12.1 Å². The molecule has 2 nitrogen and oxygen atoms in total. The van der Waals surface area contributed by atoms with E-state index in [1.807, 2.05) is 0 Å².